The van der Waals surface area contributed by atoms with Crippen LogP contribution in [0.25, 0.3) is 17.0 Å². The molecule has 1 fully saturated rings. The van der Waals surface area contributed by atoms with Crippen molar-refractivity contribution in [3.63, 3.8) is 0 Å². The number of rotatable bonds is 11. The summed E-state index contributed by atoms with van der Waals surface area (Å²) in [7, 11) is 0. The highest BCUT2D eigenvalue weighted by molar-refractivity contribution is 5.74. The van der Waals surface area contributed by atoms with Gasteiger partial charge in [-0.25, -0.2) is 0 Å². The maximum atomic E-state index is 5.98. The molecule has 0 spiro atoms. The van der Waals surface area contributed by atoms with Crippen LogP contribution in [-0.2, 0) is 6.42 Å². The van der Waals surface area contributed by atoms with Crippen LogP contribution in [0.15, 0.2) is 80.6 Å². The highest BCUT2D eigenvalue weighted by Crippen LogP contribution is 2.30. The quantitative estimate of drug-likeness (QED) is 0.450. The summed E-state index contributed by atoms with van der Waals surface area (Å²) in [5.41, 5.74) is 18.4. The summed E-state index contributed by atoms with van der Waals surface area (Å²) < 4.78 is 0. The molecule has 1 aliphatic rings. The average molecular weight is 443 g/mol. The maximum Gasteiger partial charge on any atom is 0.0878 e. The topological polar surface area (TPSA) is 93.1 Å². The molecular weight excluding hydrogens is 408 g/mol. The fourth-order valence-electron chi connectivity index (χ4n) is 4.06. The van der Waals surface area contributed by atoms with Gasteiger partial charge in [0.2, 0.25) is 0 Å². The number of pyridine rings is 2. The fourth-order valence-corrected chi connectivity index (χ4v) is 4.06. The van der Waals surface area contributed by atoms with Gasteiger partial charge in [-0.3, -0.25) is 9.97 Å². The van der Waals surface area contributed by atoms with E-state index >= 15 is 0 Å². The lowest BCUT2D eigenvalue weighted by Crippen LogP contribution is -2.45. The van der Waals surface area contributed by atoms with Gasteiger partial charge >= 0.3 is 0 Å². The van der Waals surface area contributed by atoms with Crippen LogP contribution >= 0.6 is 0 Å². The maximum absolute atomic E-state index is 5.98. The minimum atomic E-state index is 0.578. The van der Waals surface area contributed by atoms with Gasteiger partial charge in [-0.05, 0) is 62.1 Å². The number of nitrogens with one attached hydrogen (secondary N) is 1. The second-order valence-electron chi connectivity index (χ2n) is 8.14. The van der Waals surface area contributed by atoms with Crippen molar-refractivity contribution in [2.24, 2.45) is 17.4 Å². The number of hydrogen-bond acceptors (Lipinski definition) is 6. The molecule has 33 heavy (non-hydrogen) atoms. The summed E-state index contributed by atoms with van der Waals surface area (Å²) in [4.78, 5) is 11.4. The van der Waals surface area contributed by atoms with Crippen LogP contribution in [0.5, 0.6) is 0 Å². The molecule has 5 N–H and O–H groups in total. The molecule has 0 radical (unpaired) electrons. The van der Waals surface area contributed by atoms with Crippen molar-refractivity contribution in [3.8, 4) is 0 Å². The van der Waals surface area contributed by atoms with Crippen molar-refractivity contribution in [1.29, 1.82) is 0 Å². The van der Waals surface area contributed by atoms with Crippen LogP contribution in [0.1, 0.15) is 42.3 Å². The smallest absolute Gasteiger partial charge is 0.0878 e. The van der Waals surface area contributed by atoms with Crippen molar-refractivity contribution < 1.29 is 0 Å². The fraction of sp³-hybridized carbons (Fsp3) is 0.259. The van der Waals surface area contributed by atoms with E-state index in [4.69, 9.17) is 11.5 Å². The Hall–Kier alpha value is -3.80. The highest BCUT2D eigenvalue weighted by atomic mass is 15.2. The van der Waals surface area contributed by atoms with Gasteiger partial charge in [0, 0.05) is 60.4 Å². The van der Waals surface area contributed by atoms with Gasteiger partial charge in [-0.15, -0.1) is 0 Å². The minimum Gasteiger partial charge on any atom is -0.403 e. The first-order valence-electron chi connectivity index (χ1n) is 11.3. The number of nitrogens with zero attached hydrogens (tertiary/aromatic N) is 3. The summed E-state index contributed by atoms with van der Waals surface area (Å²) in [5.74, 6) is 0.640. The predicted molar refractivity (Wildman–Crippen MR) is 138 cm³/mol. The lowest BCUT2D eigenvalue weighted by atomic mass is 9.92. The molecule has 6 heteroatoms. The second-order valence-corrected chi connectivity index (χ2v) is 8.14. The zero-order valence-electron chi connectivity index (χ0n) is 19.4. The van der Waals surface area contributed by atoms with E-state index in [1.165, 1.54) is 0 Å². The summed E-state index contributed by atoms with van der Waals surface area (Å²) >= 11 is 0. The van der Waals surface area contributed by atoms with Crippen molar-refractivity contribution in [2.45, 2.75) is 26.2 Å². The molecule has 0 saturated carbocycles. The number of aryl methyl sites for hydroxylation is 1. The molecule has 0 atom stereocenters. The molecule has 1 aliphatic heterocycles. The van der Waals surface area contributed by atoms with E-state index < -0.39 is 0 Å². The van der Waals surface area contributed by atoms with E-state index in [0.29, 0.717) is 11.6 Å². The van der Waals surface area contributed by atoms with Gasteiger partial charge in [0.05, 0.1) is 11.4 Å². The van der Waals surface area contributed by atoms with Gasteiger partial charge in [0.25, 0.3) is 0 Å². The Bertz CT molecular complexity index is 1040. The zero-order valence-corrected chi connectivity index (χ0v) is 19.4. The zero-order chi connectivity index (χ0) is 23.6. The molecule has 2 aromatic heterocycles. The number of likely N-dealkylation sites (tertiary alicyclic amines) is 1. The third-order valence-electron chi connectivity index (χ3n) is 5.78. The average Bonchev–Trinajstić information content (AvgIpc) is 2.80. The molecule has 0 amide bonds. The lowest BCUT2D eigenvalue weighted by Gasteiger charge is -2.42. The Balaban J connectivity index is 1.54. The van der Waals surface area contributed by atoms with E-state index in [-0.39, 0.29) is 0 Å². The molecular formula is C27H34N6. The first-order chi connectivity index (χ1) is 16.1. The molecule has 0 aromatic carbocycles. The molecule has 172 valence electrons. The van der Waals surface area contributed by atoms with E-state index in [0.717, 1.165) is 66.1 Å². The summed E-state index contributed by atoms with van der Waals surface area (Å²) in [6.45, 7) is 11.5. The van der Waals surface area contributed by atoms with E-state index in [9.17, 15) is 0 Å². The minimum absolute atomic E-state index is 0.578. The molecule has 0 unspecified atom stereocenters. The third kappa shape index (κ3) is 6.13. The van der Waals surface area contributed by atoms with Gasteiger partial charge in [-0.1, -0.05) is 31.4 Å². The number of aromatic nitrogens is 2. The van der Waals surface area contributed by atoms with Crippen LogP contribution in [0.2, 0.25) is 0 Å². The van der Waals surface area contributed by atoms with E-state index in [2.05, 4.69) is 39.4 Å². The summed E-state index contributed by atoms with van der Waals surface area (Å²) in [5, 5.41) is 3.03. The molecule has 0 aliphatic carbocycles. The molecule has 6 nitrogen and oxygen atoms in total. The van der Waals surface area contributed by atoms with Crippen LogP contribution in [0.4, 0.5) is 0 Å². The first-order valence-corrected chi connectivity index (χ1v) is 11.3. The first kappa shape index (κ1) is 23.9. The summed E-state index contributed by atoms with van der Waals surface area (Å²) in [6.07, 6.45) is 16.1. The Morgan fingerprint density at radius 1 is 1.27 bits per heavy atom. The normalized spacial score (nSPS) is 14.9. The number of hydrogen-bond donors (Lipinski definition) is 3. The predicted octanol–water partition coefficient (Wildman–Crippen LogP) is 4.27. The Morgan fingerprint density at radius 2 is 2.09 bits per heavy atom. The second kappa shape index (κ2) is 11.7. The Kier molecular flexibility index (Phi) is 8.47. The summed E-state index contributed by atoms with van der Waals surface area (Å²) in [6, 6.07) is 7.97. The number of allylic oxidation sites excluding steroid dienone is 3. The Labute approximate surface area is 197 Å². The van der Waals surface area contributed by atoms with Crippen molar-refractivity contribution in [3.05, 3.63) is 103 Å². The van der Waals surface area contributed by atoms with Crippen LogP contribution in [0.3, 0.4) is 0 Å². The Morgan fingerprint density at radius 3 is 2.73 bits per heavy atom. The third-order valence-corrected chi connectivity index (χ3v) is 5.78. The molecule has 0 bridgehead atoms. The van der Waals surface area contributed by atoms with Gasteiger partial charge < -0.3 is 21.7 Å². The molecule has 3 heterocycles. The van der Waals surface area contributed by atoms with Gasteiger partial charge in [0.1, 0.15) is 0 Å². The van der Waals surface area contributed by atoms with Crippen molar-refractivity contribution in [1.82, 2.24) is 20.2 Å². The number of nitrogens with two attached hydrogens (primary N) is 2. The van der Waals surface area contributed by atoms with Crippen molar-refractivity contribution >= 4 is 17.0 Å². The van der Waals surface area contributed by atoms with Crippen LogP contribution < -0.4 is 16.8 Å². The van der Waals surface area contributed by atoms with Crippen LogP contribution in [0, 0.1) is 5.92 Å². The molecule has 2 aromatic rings. The monoisotopic (exact) mass is 442 g/mol. The van der Waals surface area contributed by atoms with Gasteiger partial charge in [0.15, 0.2) is 0 Å². The largest absolute Gasteiger partial charge is 0.403 e. The van der Waals surface area contributed by atoms with Crippen LogP contribution in [-0.4, -0.2) is 28.0 Å². The van der Waals surface area contributed by atoms with Gasteiger partial charge in [-0.2, -0.15) is 0 Å². The molecule has 3 rings (SSSR count). The highest BCUT2D eigenvalue weighted by Gasteiger charge is 2.29. The van der Waals surface area contributed by atoms with Crippen molar-refractivity contribution in [2.75, 3.05) is 13.1 Å². The SMILES string of the molecule is C=CN/C=C(\C=C/C)c1ccc(C(=CN)N2CC(CCCc3ncccc3C(=C)N)C2)nc1. The van der Waals surface area contributed by atoms with E-state index in [1.54, 1.807) is 12.4 Å². The van der Waals surface area contributed by atoms with E-state index in [1.807, 2.05) is 55.9 Å². The lowest BCUT2D eigenvalue weighted by molar-refractivity contribution is 0.162. The molecule has 1 saturated heterocycles. The standard InChI is InChI=1S/C27H34N6/c1-4-8-22(16-30-5-2)23-12-13-26(32-17-23)27(15-28)33-18-21(19-33)9-6-11-25-24(20(3)29)10-7-14-31-25/h4-5,7-8,10,12-17,21,30H,2-3,6,9,11,18-19,28-29H2,1H3/b8-4-,22-16+,27-15?.